The van der Waals surface area contributed by atoms with Gasteiger partial charge in [-0.15, -0.1) is 0 Å². The van der Waals surface area contributed by atoms with Crippen molar-refractivity contribution in [2.75, 3.05) is 28.4 Å². The van der Waals surface area contributed by atoms with Gasteiger partial charge in [-0.25, -0.2) is 4.79 Å². The number of amides is 1. The van der Waals surface area contributed by atoms with E-state index >= 15 is 9.59 Å². The van der Waals surface area contributed by atoms with Crippen molar-refractivity contribution in [3.63, 3.8) is 0 Å². The van der Waals surface area contributed by atoms with Crippen molar-refractivity contribution in [3.05, 3.63) is 23.3 Å². The Labute approximate surface area is 488 Å². The average molecular weight is 1180 g/mol. The van der Waals surface area contributed by atoms with Gasteiger partial charge in [0.05, 0.1) is 36.6 Å². The summed E-state index contributed by atoms with van der Waals surface area (Å²) in [7, 11) is -2.00. The highest BCUT2D eigenvalue weighted by Gasteiger charge is 2.61. The van der Waals surface area contributed by atoms with Gasteiger partial charge >= 0.3 is 23.1 Å². The first kappa shape index (κ1) is 69.1. The van der Waals surface area contributed by atoms with Crippen molar-refractivity contribution in [1.29, 1.82) is 0 Å². The van der Waals surface area contributed by atoms with Gasteiger partial charge in [-0.3, -0.25) is 14.5 Å². The van der Waals surface area contributed by atoms with Crippen molar-refractivity contribution in [1.82, 2.24) is 4.90 Å². The van der Waals surface area contributed by atoms with Gasteiger partial charge in [-0.1, -0.05) is 122 Å². The number of aliphatic hydroxyl groups is 1. The number of carbonyl (C=O) groups is 3. The molecule has 462 valence electrons. The predicted molar refractivity (Wildman–Crippen MR) is 322 cm³/mol. The standard InChI is InChI=1S/C62H113NO14Si3/c1-24-47-31-41(10)30-42(11)32-53(69-19)57-54(70-20)34-44(13)62(67,73-57)58(64)59(65)63-48(26-25-27-55(63)71-21)60(66)72-56(43(12)33-46-28-29-49(52(35-46)68-18)74-78(22,23)61(15,16)17)45(14)50-36-51(47)76-80(39(6)7,40(8)9)77-79(75-50,37(2)3)38(4)5/h31,33,37-40,42,44-57,67H,24-30,32,34-36H2,1-23H3/b41-31+,43-33+/t42-,44+,45+,46-,47+,48-,49+,50-,51-,52+,53?,54-,55-,56+,57+,62+/m0/s1. The van der Waals surface area contributed by atoms with Gasteiger partial charge in [0.2, 0.25) is 5.79 Å². The molecule has 0 aromatic rings. The molecule has 1 N–H and O–H groups in total. The molecule has 4 aliphatic heterocycles. The molecule has 5 rings (SSSR count). The molecule has 0 aromatic heterocycles. The third kappa shape index (κ3) is 14.9. The topological polar surface area (TPSA) is 167 Å². The van der Waals surface area contributed by atoms with Crippen molar-refractivity contribution in [3.8, 4) is 0 Å². The van der Waals surface area contributed by atoms with Crippen LogP contribution in [-0.2, 0) is 60.2 Å². The molecular weight excluding hydrogens is 1070 g/mol. The number of rotatable bonds is 13. The van der Waals surface area contributed by atoms with Gasteiger partial charge in [0.25, 0.3) is 11.7 Å². The average Bonchev–Trinajstić information content (AvgIpc) is 3.38. The molecular formula is C62H113NO14Si3. The molecule has 80 heavy (non-hydrogen) atoms. The SMILES string of the molecule is CC[C@@H]1/C=C(\C)C[C@H](C)CC(OC)[C@H]2O[C@@](O)(C(=O)C(=O)N3[C@@H](OC)CCC[C@H]3C(=O)O[C@H](/C(C)=C/[C@@H]3CC[C@@H](O[Si](C)(C)C(C)(C)C)[C@H](OC)C3)[C@H](C)[C@@H]3C[C@@H]1O[Si](C(C)C)(C(C)C)O[Si](C(C)C)(C(C)C)O3)[C@H](C)C[C@@H]2OC. The van der Waals surface area contributed by atoms with Crippen LogP contribution in [0.25, 0.3) is 0 Å². The van der Waals surface area contributed by atoms with E-state index in [2.05, 4.69) is 136 Å². The number of carbonyl (C=O) groups excluding carboxylic acids is 3. The molecule has 3 saturated heterocycles. The van der Waals surface area contributed by atoms with E-state index in [-0.39, 0.29) is 76.1 Å². The van der Waals surface area contributed by atoms with E-state index in [0.717, 1.165) is 37.7 Å². The Morgan fingerprint density at radius 1 is 0.787 bits per heavy atom. The van der Waals surface area contributed by atoms with E-state index in [1.54, 1.807) is 28.3 Å². The van der Waals surface area contributed by atoms with Gasteiger partial charge in [0.15, 0.2) is 8.32 Å². The largest absolute Gasteiger partial charge is 0.456 e. The summed E-state index contributed by atoms with van der Waals surface area (Å²) in [6, 6.07) is -1.22. The summed E-state index contributed by atoms with van der Waals surface area (Å²) in [4.78, 5) is 46.9. The van der Waals surface area contributed by atoms with E-state index in [4.69, 9.17) is 45.8 Å². The lowest BCUT2D eigenvalue weighted by molar-refractivity contribution is -0.303. The number of Topliss-reactive ketones (excluding diaryl/α,β-unsaturated/α-hetero) is 1. The first-order chi connectivity index (χ1) is 37.2. The first-order valence-electron chi connectivity index (χ1n) is 30.9. The Hall–Kier alpha value is -1.66. The van der Waals surface area contributed by atoms with Crippen LogP contribution in [0.2, 0.25) is 40.3 Å². The highest BCUT2D eigenvalue weighted by atomic mass is 28.5. The number of cyclic esters (lactones) is 1. The van der Waals surface area contributed by atoms with Crippen LogP contribution in [0.5, 0.6) is 0 Å². The summed E-state index contributed by atoms with van der Waals surface area (Å²) in [6.45, 7) is 41.8. The number of esters is 1. The zero-order valence-corrected chi connectivity index (χ0v) is 57.1. The molecule has 18 heteroatoms. The molecule has 16 atom stereocenters. The Morgan fingerprint density at radius 2 is 1.35 bits per heavy atom. The fraction of sp³-hybridized carbons (Fsp3) is 0.887. The monoisotopic (exact) mass is 1180 g/mol. The second kappa shape index (κ2) is 28.2. The number of fused-ring (bicyclic) bond motifs is 5. The zero-order chi connectivity index (χ0) is 60.2. The molecule has 1 saturated carbocycles. The third-order valence-electron chi connectivity index (χ3n) is 19.8. The molecule has 0 aromatic carbocycles. The summed E-state index contributed by atoms with van der Waals surface area (Å²) in [6.07, 6.45) is 6.13. The maximum Gasteiger partial charge on any atom is 0.334 e. The van der Waals surface area contributed by atoms with E-state index in [1.807, 2.05) is 0 Å². The minimum atomic E-state index is -3.22. The molecule has 1 aliphatic carbocycles. The molecule has 4 bridgehead atoms. The Morgan fingerprint density at radius 3 is 1.88 bits per heavy atom. The number of ether oxygens (including phenoxy) is 6. The van der Waals surface area contributed by atoms with Crippen LogP contribution in [0.3, 0.4) is 0 Å². The number of hydrogen-bond acceptors (Lipinski definition) is 14. The van der Waals surface area contributed by atoms with Crippen LogP contribution in [0.4, 0.5) is 0 Å². The first-order valence-corrected chi connectivity index (χ1v) is 37.8. The van der Waals surface area contributed by atoms with E-state index < -0.39 is 104 Å². The van der Waals surface area contributed by atoms with E-state index in [9.17, 15) is 9.90 Å². The fourth-order valence-electron chi connectivity index (χ4n) is 13.9. The molecule has 4 heterocycles. The molecule has 0 radical (unpaired) electrons. The van der Waals surface area contributed by atoms with Crippen molar-refractivity contribution in [2.45, 2.75) is 296 Å². The fourth-order valence-corrected chi connectivity index (χ4v) is 26.7. The summed E-state index contributed by atoms with van der Waals surface area (Å²) < 4.78 is 68.8. The van der Waals surface area contributed by atoms with Gasteiger partial charge in [0.1, 0.15) is 24.5 Å². The second-order valence-corrected chi connectivity index (χ2v) is 41.4. The maximum atomic E-state index is 15.6. The number of hydrogen-bond donors (Lipinski definition) is 1. The Bertz CT molecular complexity index is 2100. The maximum absolute atomic E-state index is 15.6. The minimum Gasteiger partial charge on any atom is -0.456 e. The van der Waals surface area contributed by atoms with Crippen molar-refractivity contribution < 1.29 is 65.3 Å². The minimum absolute atomic E-state index is 0.0183. The summed E-state index contributed by atoms with van der Waals surface area (Å²) in [5.41, 5.74) is 2.38. The second-order valence-electron chi connectivity index (χ2n) is 27.9. The quantitative estimate of drug-likeness (QED) is 0.0801. The van der Waals surface area contributed by atoms with Crippen LogP contribution in [0.15, 0.2) is 23.3 Å². The van der Waals surface area contributed by atoms with Gasteiger partial charge in [-0.2, -0.15) is 0 Å². The Balaban J connectivity index is 1.76. The van der Waals surface area contributed by atoms with Crippen LogP contribution in [0, 0.1) is 29.6 Å². The molecule has 15 nitrogen and oxygen atoms in total. The Kier molecular flexibility index (Phi) is 24.4. The van der Waals surface area contributed by atoms with Gasteiger partial charge < -0.3 is 50.9 Å². The van der Waals surface area contributed by atoms with Crippen LogP contribution in [-0.4, -0.2) is 148 Å². The van der Waals surface area contributed by atoms with Crippen molar-refractivity contribution >= 4 is 43.1 Å². The lowest BCUT2D eigenvalue weighted by atomic mass is 9.81. The number of piperidine rings is 1. The normalized spacial score (nSPS) is 37.6. The van der Waals surface area contributed by atoms with Gasteiger partial charge in [0, 0.05) is 46.2 Å². The van der Waals surface area contributed by atoms with Gasteiger partial charge in [-0.05, 0) is 142 Å². The molecule has 4 fully saturated rings. The van der Waals surface area contributed by atoms with Crippen LogP contribution in [0.1, 0.15) is 188 Å². The summed E-state index contributed by atoms with van der Waals surface area (Å²) in [5.74, 6) is -6.64. The number of nitrogens with zero attached hydrogens (tertiary/aromatic N) is 1. The van der Waals surface area contributed by atoms with Crippen molar-refractivity contribution in [2.24, 2.45) is 29.6 Å². The predicted octanol–water partition coefficient (Wildman–Crippen LogP) is 12.9. The molecule has 1 unspecified atom stereocenters. The summed E-state index contributed by atoms with van der Waals surface area (Å²) in [5, 5.41) is 12.6. The number of ketones is 1. The number of allylic oxidation sites excluding steroid dienone is 2. The molecule has 5 aliphatic rings. The lowest BCUT2D eigenvalue weighted by Crippen LogP contribution is -2.66. The summed E-state index contributed by atoms with van der Waals surface area (Å²) >= 11 is 0. The number of methoxy groups -OCH3 is 4. The van der Waals surface area contributed by atoms with Crippen LogP contribution < -0.4 is 0 Å². The van der Waals surface area contributed by atoms with E-state index in [0.29, 0.717) is 25.7 Å². The smallest absolute Gasteiger partial charge is 0.334 e. The van der Waals surface area contributed by atoms with E-state index in [1.165, 1.54) is 17.6 Å². The molecule has 1 amide bonds. The van der Waals surface area contributed by atoms with Crippen LogP contribution >= 0.6 is 0 Å². The highest BCUT2D eigenvalue weighted by Crippen LogP contribution is 2.50. The highest BCUT2D eigenvalue weighted by molar-refractivity contribution is 6.84. The lowest BCUT2D eigenvalue weighted by Gasteiger charge is -2.54. The zero-order valence-electron chi connectivity index (χ0n) is 54.1. The third-order valence-corrected chi connectivity index (χ3v) is 34.6. The molecule has 0 spiro atoms.